The van der Waals surface area contributed by atoms with Crippen molar-refractivity contribution in [2.75, 3.05) is 26.7 Å². The molecule has 1 aliphatic rings. The lowest BCUT2D eigenvalue weighted by atomic mass is 10.2. The smallest absolute Gasteiger partial charge is 0.195 e. The van der Waals surface area contributed by atoms with Crippen molar-refractivity contribution in [2.24, 2.45) is 5.92 Å². The SMILES string of the molecule is CC(C)CN(C)S(=O)(=O)N1CC1. The summed E-state index contributed by atoms with van der Waals surface area (Å²) in [5.41, 5.74) is 0. The van der Waals surface area contributed by atoms with E-state index in [1.807, 2.05) is 13.8 Å². The van der Waals surface area contributed by atoms with Gasteiger partial charge in [0, 0.05) is 26.7 Å². The van der Waals surface area contributed by atoms with Crippen LogP contribution in [0.1, 0.15) is 13.8 Å². The second-order valence-electron chi connectivity index (χ2n) is 3.58. The van der Waals surface area contributed by atoms with Crippen LogP contribution in [-0.2, 0) is 10.2 Å². The monoisotopic (exact) mass is 192 g/mol. The molecule has 0 radical (unpaired) electrons. The molecule has 0 aromatic heterocycles. The van der Waals surface area contributed by atoms with Gasteiger partial charge in [-0.15, -0.1) is 0 Å². The summed E-state index contributed by atoms with van der Waals surface area (Å²) in [7, 11) is -1.46. The standard InChI is InChI=1S/C7H16N2O2S/c1-7(2)6-8(3)12(10,11)9-4-5-9/h7H,4-6H2,1-3H3. The third kappa shape index (κ3) is 2.18. The zero-order valence-electron chi connectivity index (χ0n) is 7.82. The van der Waals surface area contributed by atoms with Crippen molar-refractivity contribution in [3.05, 3.63) is 0 Å². The maximum Gasteiger partial charge on any atom is 0.281 e. The second-order valence-corrected chi connectivity index (χ2v) is 5.62. The maximum absolute atomic E-state index is 11.5. The van der Waals surface area contributed by atoms with Gasteiger partial charge in [-0.1, -0.05) is 13.8 Å². The van der Waals surface area contributed by atoms with Crippen molar-refractivity contribution in [3.63, 3.8) is 0 Å². The van der Waals surface area contributed by atoms with Gasteiger partial charge in [0.2, 0.25) is 0 Å². The van der Waals surface area contributed by atoms with Gasteiger partial charge in [0.05, 0.1) is 0 Å². The van der Waals surface area contributed by atoms with Gasteiger partial charge < -0.3 is 0 Å². The Kier molecular flexibility index (Phi) is 2.75. The number of hydrogen-bond acceptors (Lipinski definition) is 2. The lowest BCUT2D eigenvalue weighted by Crippen LogP contribution is -2.34. The highest BCUT2D eigenvalue weighted by Crippen LogP contribution is 2.15. The van der Waals surface area contributed by atoms with E-state index in [2.05, 4.69) is 0 Å². The first-order chi connectivity index (χ1) is 5.44. The molecular formula is C7H16N2O2S. The third-order valence-electron chi connectivity index (χ3n) is 1.75. The van der Waals surface area contributed by atoms with Crippen LogP contribution in [0.25, 0.3) is 0 Å². The first kappa shape index (κ1) is 9.95. The number of rotatable bonds is 4. The minimum atomic E-state index is -3.09. The molecule has 0 aliphatic carbocycles. The van der Waals surface area contributed by atoms with E-state index in [-0.39, 0.29) is 0 Å². The van der Waals surface area contributed by atoms with Crippen molar-refractivity contribution < 1.29 is 8.42 Å². The summed E-state index contributed by atoms with van der Waals surface area (Å²) in [6, 6.07) is 0. The largest absolute Gasteiger partial charge is 0.281 e. The molecule has 1 rings (SSSR count). The first-order valence-corrected chi connectivity index (χ1v) is 5.55. The summed E-state index contributed by atoms with van der Waals surface area (Å²) in [5, 5.41) is 0. The minimum absolute atomic E-state index is 0.379. The Labute approximate surface area is 74.3 Å². The van der Waals surface area contributed by atoms with Crippen LogP contribution in [0.3, 0.4) is 0 Å². The van der Waals surface area contributed by atoms with Crippen LogP contribution >= 0.6 is 0 Å². The molecule has 0 saturated carbocycles. The molecule has 72 valence electrons. The van der Waals surface area contributed by atoms with E-state index >= 15 is 0 Å². The average Bonchev–Trinajstić information content (AvgIpc) is 2.65. The molecule has 0 unspecified atom stereocenters. The van der Waals surface area contributed by atoms with Crippen LogP contribution < -0.4 is 0 Å². The van der Waals surface area contributed by atoms with Gasteiger partial charge in [0.1, 0.15) is 0 Å². The minimum Gasteiger partial charge on any atom is -0.195 e. The molecule has 0 atom stereocenters. The van der Waals surface area contributed by atoms with Crippen LogP contribution in [0.15, 0.2) is 0 Å². The average molecular weight is 192 g/mol. The van der Waals surface area contributed by atoms with E-state index in [4.69, 9.17) is 0 Å². The van der Waals surface area contributed by atoms with E-state index in [9.17, 15) is 8.42 Å². The molecular weight excluding hydrogens is 176 g/mol. The van der Waals surface area contributed by atoms with E-state index in [1.165, 1.54) is 8.61 Å². The van der Waals surface area contributed by atoms with Crippen LogP contribution in [0.5, 0.6) is 0 Å². The summed E-state index contributed by atoms with van der Waals surface area (Å²) >= 11 is 0. The molecule has 5 heteroatoms. The summed E-state index contributed by atoms with van der Waals surface area (Å²) < 4.78 is 25.8. The Morgan fingerprint density at radius 2 is 1.92 bits per heavy atom. The molecule has 1 aliphatic heterocycles. The first-order valence-electron chi connectivity index (χ1n) is 4.16. The lowest BCUT2D eigenvalue weighted by molar-refractivity contribution is 0.399. The summed E-state index contributed by atoms with van der Waals surface area (Å²) in [6.07, 6.45) is 0. The summed E-state index contributed by atoms with van der Waals surface area (Å²) in [4.78, 5) is 0. The van der Waals surface area contributed by atoms with Crippen molar-refractivity contribution >= 4 is 10.2 Å². The highest BCUT2D eigenvalue weighted by molar-refractivity contribution is 7.87. The van der Waals surface area contributed by atoms with E-state index < -0.39 is 10.2 Å². The molecule has 12 heavy (non-hydrogen) atoms. The lowest BCUT2D eigenvalue weighted by Gasteiger charge is -2.18. The molecule has 0 N–H and O–H groups in total. The Hall–Kier alpha value is -0.130. The van der Waals surface area contributed by atoms with E-state index in [0.717, 1.165) is 0 Å². The Morgan fingerprint density at radius 3 is 2.25 bits per heavy atom. The normalized spacial score (nSPS) is 19.1. The predicted molar refractivity (Wildman–Crippen MR) is 48.0 cm³/mol. The Bertz CT molecular complexity index is 244. The quantitative estimate of drug-likeness (QED) is 0.594. The van der Waals surface area contributed by atoms with Gasteiger partial charge in [-0.05, 0) is 5.92 Å². The zero-order valence-corrected chi connectivity index (χ0v) is 8.63. The van der Waals surface area contributed by atoms with Gasteiger partial charge in [0.25, 0.3) is 10.2 Å². The fourth-order valence-corrected chi connectivity index (χ4v) is 2.50. The molecule has 0 spiro atoms. The number of nitrogens with zero attached hydrogens (tertiary/aromatic N) is 2. The third-order valence-corrected chi connectivity index (χ3v) is 3.70. The molecule has 0 amide bonds. The highest BCUT2D eigenvalue weighted by Gasteiger charge is 2.34. The van der Waals surface area contributed by atoms with Gasteiger partial charge in [0.15, 0.2) is 0 Å². The van der Waals surface area contributed by atoms with Crippen LogP contribution in [0, 0.1) is 5.92 Å². The fraction of sp³-hybridized carbons (Fsp3) is 1.00. The van der Waals surface area contributed by atoms with Gasteiger partial charge in [-0.3, -0.25) is 0 Å². The molecule has 0 bridgehead atoms. The summed E-state index contributed by atoms with van der Waals surface area (Å²) in [5.74, 6) is 0.379. The Balaban J connectivity index is 2.55. The van der Waals surface area contributed by atoms with Crippen molar-refractivity contribution in [1.82, 2.24) is 8.61 Å². The molecule has 1 heterocycles. The van der Waals surface area contributed by atoms with Crippen molar-refractivity contribution in [2.45, 2.75) is 13.8 Å². The van der Waals surface area contributed by atoms with Gasteiger partial charge >= 0.3 is 0 Å². The topological polar surface area (TPSA) is 40.4 Å². The second kappa shape index (κ2) is 3.32. The summed E-state index contributed by atoms with van der Waals surface area (Å²) in [6.45, 7) is 5.98. The van der Waals surface area contributed by atoms with Crippen LogP contribution in [0.4, 0.5) is 0 Å². The molecule has 1 fully saturated rings. The van der Waals surface area contributed by atoms with Gasteiger partial charge in [-0.2, -0.15) is 17.0 Å². The van der Waals surface area contributed by atoms with Crippen molar-refractivity contribution in [3.8, 4) is 0 Å². The molecule has 4 nitrogen and oxygen atoms in total. The number of hydrogen-bond donors (Lipinski definition) is 0. The van der Waals surface area contributed by atoms with Crippen LogP contribution in [0.2, 0.25) is 0 Å². The Morgan fingerprint density at radius 1 is 1.42 bits per heavy atom. The molecule has 1 saturated heterocycles. The van der Waals surface area contributed by atoms with Crippen molar-refractivity contribution in [1.29, 1.82) is 0 Å². The maximum atomic E-state index is 11.5. The van der Waals surface area contributed by atoms with E-state index in [1.54, 1.807) is 7.05 Å². The van der Waals surface area contributed by atoms with E-state index in [0.29, 0.717) is 25.6 Å². The fourth-order valence-electron chi connectivity index (χ4n) is 1.08. The van der Waals surface area contributed by atoms with Gasteiger partial charge in [-0.25, -0.2) is 0 Å². The van der Waals surface area contributed by atoms with Crippen LogP contribution in [-0.4, -0.2) is 43.7 Å². The zero-order chi connectivity index (χ0) is 9.35. The highest BCUT2D eigenvalue weighted by atomic mass is 32.2. The predicted octanol–water partition coefficient (Wildman–Crippen LogP) is 0.135. The molecule has 0 aromatic rings. The molecule has 0 aromatic carbocycles.